The molecular formula is C8H14N4O. The van der Waals surface area contributed by atoms with Gasteiger partial charge < -0.3 is 16.4 Å². The molecule has 0 aromatic carbocycles. The molecule has 0 aliphatic carbocycles. The molecule has 5 nitrogen and oxygen atoms in total. The van der Waals surface area contributed by atoms with Crippen molar-refractivity contribution >= 4 is 5.91 Å². The third-order valence-corrected chi connectivity index (χ3v) is 2.08. The molecule has 0 spiro atoms. The van der Waals surface area contributed by atoms with Crippen LogP contribution in [0.4, 0.5) is 0 Å². The van der Waals surface area contributed by atoms with Crippen molar-refractivity contribution in [3.05, 3.63) is 0 Å². The minimum Gasteiger partial charge on any atom is -0.356 e. The zero-order chi connectivity index (χ0) is 9.68. The van der Waals surface area contributed by atoms with E-state index in [1.165, 1.54) is 0 Å². The van der Waals surface area contributed by atoms with Crippen molar-refractivity contribution < 1.29 is 4.79 Å². The minimum atomic E-state index is -0.482. The largest absolute Gasteiger partial charge is 0.356 e. The summed E-state index contributed by atoms with van der Waals surface area (Å²) in [6.45, 7) is 1.82. The average molecular weight is 182 g/mol. The first-order valence-corrected chi connectivity index (χ1v) is 4.37. The Morgan fingerprint density at radius 1 is 1.85 bits per heavy atom. The van der Waals surface area contributed by atoms with Crippen molar-refractivity contribution in [2.45, 2.75) is 12.5 Å². The van der Waals surface area contributed by atoms with E-state index >= 15 is 0 Å². The molecule has 13 heavy (non-hydrogen) atoms. The second kappa shape index (κ2) is 4.80. The van der Waals surface area contributed by atoms with E-state index in [0.29, 0.717) is 13.1 Å². The average Bonchev–Trinajstić information content (AvgIpc) is 2.52. The van der Waals surface area contributed by atoms with Crippen molar-refractivity contribution in [3.63, 3.8) is 0 Å². The van der Waals surface area contributed by atoms with Crippen LogP contribution in [0.1, 0.15) is 6.42 Å². The van der Waals surface area contributed by atoms with Crippen molar-refractivity contribution in [2.75, 3.05) is 19.6 Å². The summed E-state index contributed by atoms with van der Waals surface area (Å²) in [5.74, 6) is 0.143. The Morgan fingerprint density at radius 2 is 2.62 bits per heavy atom. The van der Waals surface area contributed by atoms with E-state index in [9.17, 15) is 4.79 Å². The van der Waals surface area contributed by atoms with Crippen molar-refractivity contribution in [2.24, 2.45) is 11.7 Å². The highest BCUT2D eigenvalue weighted by atomic mass is 16.2. The number of hydrogen-bond acceptors (Lipinski definition) is 4. The van der Waals surface area contributed by atoms with Crippen LogP contribution in [-0.2, 0) is 4.79 Å². The standard InChI is InChI=1S/C8H14N4O/c9-3-7(10)5-11-4-6-1-2-12-8(6)13/h6-7,11H,1-2,4-5,10H2,(H,12,13)/t6-,7+/m0/s1. The van der Waals surface area contributed by atoms with Gasteiger partial charge in [-0.1, -0.05) is 0 Å². The van der Waals surface area contributed by atoms with Gasteiger partial charge in [-0.05, 0) is 6.42 Å². The molecule has 72 valence electrons. The lowest BCUT2D eigenvalue weighted by molar-refractivity contribution is -0.122. The van der Waals surface area contributed by atoms with Gasteiger partial charge in [0, 0.05) is 19.6 Å². The van der Waals surface area contributed by atoms with Gasteiger partial charge in [-0.3, -0.25) is 4.79 Å². The summed E-state index contributed by atoms with van der Waals surface area (Å²) in [4.78, 5) is 11.1. The first-order valence-electron chi connectivity index (χ1n) is 4.37. The van der Waals surface area contributed by atoms with E-state index in [1.807, 2.05) is 6.07 Å². The predicted molar refractivity (Wildman–Crippen MR) is 47.6 cm³/mol. The zero-order valence-electron chi connectivity index (χ0n) is 7.42. The highest BCUT2D eigenvalue weighted by molar-refractivity contribution is 5.80. The molecular weight excluding hydrogens is 168 g/mol. The third kappa shape index (κ3) is 3.01. The lowest BCUT2D eigenvalue weighted by Crippen LogP contribution is -2.36. The van der Waals surface area contributed by atoms with Crippen LogP contribution in [-0.4, -0.2) is 31.6 Å². The van der Waals surface area contributed by atoms with Gasteiger partial charge in [-0.25, -0.2) is 0 Å². The second-order valence-corrected chi connectivity index (χ2v) is 3.17. The van der Waals surface area contributed by atoms with E-state index in [0.717, 1.165) is 13.0 Å². The zero-order valence-corrected chi connectivity index (χ0v) is 7.42. The number of nitrogens with one attached hydrogen (secondary N) is 2. The van der Waals surface area contributed by atoms with Crippen LogP contribution < -0.4 is 16.4 Å². The fourth-order valence-corrected chi connectivity index (χ4v) is 1.30. The van der Waals surface area contributed by atoms with Crippen LogP contribution in [0, 0.1) is 17.2 Å². The Labute approximate surface area is 77.3 Å². The van der Waals surface area contributed by atoms with Gasteiger partial charge in [0.15, 0.2) is 0 Å². The first kappa shape index (κ1) is 9.96. The summed E-state index contributed by atoms with van der Waals surface area (Å²) in [6, 6.07) is 1.43. The summed E-state index contributed by atoms with van der Waals surface area (Å²) in [5.41, 5.74) is 5.37. The Balaban J connectivity index is 2.13. The lowest BCUT2D eigenvalue weighted by atomic mass is 10.1. The van der Waals surface area contributed by atoms with Gasteiger partial charge in [0.05, 0.1) is 12.0 Å². The van der Waals surface area contributed by atoms with Gasteiger partial charge in [0.2, 0.25) is 5.91 Å². The van der Waals surface area contributed by atoms with Crippen molar-refractivity contribution in [1.29, 1.82) is 5.26 Å². The number of carbonyl (C=O) groups is 1. The summed E-state index contributed by atoms with van der Waals surface area (Å²) < 4.78 is 0. The van der Waals surface area contributed by atoms with E-state index in [1.54, 1.807) is 0 Å². The van der Waals surface area contributed by atoms with Crippen LogP contribution in [0.2, 0.25) is 0 Å². The number of carbonyl (C=O) groups excluding carboxylic acids is 1. The molecule has 2 atom stereocenters. The predicted octanol–water partition coefficient (Wildman–Crippen LogP) is -1.44. The fraction of sp³-hybridized carbons (Fsp3) is 0.750. The van der Waals surface area contributed by atoms with Crippen LogP contribution in [0.15, 0.2) is 0 Å². The first-order chi connectivity index (χ1) is 6.24. The molecule has 1 amide bonds. The molecule has 1 rings (SSSR count). The van der Waals surface area contributed by atoms with Crippen LogP contribution >= 0.6 is 0 Å². The Kier molecular flexibility index (Phi) is 3.68. The van der Waals surface area contributed by atoms with Gasteiger partial charge in [-0.2, -0.15) is 5.26 Å². The minimum absolute atomic E-state index is 0.0471. The summed E-state index contributed by atoms with van der Waals surface area (Å²) >= 11 is 0. The Hall–Kier alpha value is -1.12. The maximum Gasteiger partial charge on any atom is 0.224 e. The van der Waals surface area contributed by atoms with E-state index in [-0.39, 0.29) is 11.8 Å². The molecule has 1 saturated heterocycles. The van der Waals surface area contributed by atoms with Gasteiger partial charge in [0.25, 0.3) is 0 Å². The van der Waals surface area contributed by atoms with E-state index in [2.05, 4.69) is 10.6 Å². The maximum absolute atomic E-state index is 11.1. The SMILES string of the molecule is N#C[C@@H](N)CNC[C@@H]1CCNC1=O. The van der Waals surface area contributed by atoms with Gasteiger partial charge in [-0.15, -0.1) is 0 Å². The normalized spacial score (nSPS) is 23.7. The Bertz CT molecular complexity index is 223. The Morgan fingerprint density at radius 3 is 3.15 bits per heavy atom. The fourth-order valence-electron chi connectivity index (χ4n) is 1.30. The molecule has 0 aromatic heterocycles. The molecule has 1 aliphatic heterocycles. The molecule has 5 heteroatoms. The monoisotopic (exact) mass is 182 g/mol. The third-order valence-electron chi connectivity index (χ3n) is 2.08. The second-order valence-electron chi connectivity index (χ2n) is 3.17. The number of hydrogen-bond donors (Lipinski definition) is 3. The summed E-state index contributed by atoms with van der Waals surface area (Å²) in [6.07, 6.45) is 0.869. The number of amides is 1. The summed E-state index contributed by atoms with van der Waals surface area (Å²) in [5, 5.41) is 14.1. The van der Waals surface area contributed by atoms with Crippen molar-refractivity contribution in [1.82, 2.24) is 10.6 Å². The number of nitriles is 1. The molecule has 1 heterocycles. The molecule has 1 aliphatic rings. The van der Waals surface area contributed by atoms with Gasteiger partial charge in [0.1, 0.15) is 6.04 Å². The van der Waals surface area contributed by atoms with Gasteiger partial charge >= 0.3 is 0 Å². The molecule has 1 fully saturated rings. The maximum atomic E-state index is 11.1. The van der Waals surface area contributed by atoms with E-state index < -0.39 is 6.04 Å². The number of rotatable bonds is 4. The molecule has 0 bridgehead atoms. The molecule has 0 aromatic rings. The number of nitrogens with zero attached hydrogens (tertiary/aromatic N) is 1. The quantitative estimate of drug-likeness (QED) is 0.497. The van der Waals surface area contributed by atoms with Crippen molar-refractivity contribution in [3.8, 4) is 6.07 Å². The molecule has 0 radical (unpaired) electrons. The van der Waals surface area contributed by atoms with E-state index in [4.69, 9.17) is 11.0 Å². The van der Waals surface area contributed by atoms with Crippen LogP contribution in [0.3, 0.4) is 0 Å². The van der Waals surface area contributed by atoms with Crippen LogP contribution in [0.25, 0.3) is 0 Å². The molecule has 0 saturated carbocycles. The highest BCUT2D eigenvalue weighted by Crippen LogP contribution is 2.06. The highest BCUT2D eigenvalue weighted by Gasteiger charge is 2.23. The molecule has 4 N–H and O–H groups in total. The summed E-state index contributed by atoms with van der Waals surface area (Å²) in [7, 11) is 0. The number of nitrogens with two attached hydrogens (primary N) is 1. The smallest absolute Gasteiger partial charge is 0.224 e. The topological polar surface area (TPSA) is 90.9 Å². The van der Waals surface area contributed by atoms with Crippen LogP contribution in [0.5, 0.6) is 0 Å². The molecule has 0 unspecified atom stereocenters. The lowest BCUT2D eigenvalue weighted by Gasteiger charge is -2.09.